The highest BCUT2D eigenvalue weighted by molar-refractivity contribution is 9.10. The summed E-state index contributed by atoms with van der Waals surface area (Å²) in [5.74, 6) is 0.899. The largest absolute Gasteiger partial charge is 0.488 e. The van der Waals surface area contributed by atoms with E-state index in [-0.39, 0.29) is 6.10 Å². The van der Waals surface area contributed by atoms with Crippen LogP contribution in [0.5, 0.6) is 5.75 Å². The number of para-hydroxylation sites is 1. The second-order valence-electron chi connectivity index (χ2n) is 3.92. The van der Waals surface area contributed by atoms with Crippen molar-refractivity contribution in [3.63, 3.8) is 0 Å². The van der Waals surface area contributed by atoms with Crippen molar-refractivity contribution in [3.05, 3.63) is 28.7 Å². The quantitative estimate of drug-likeness (QED) is 0.888. The summed E-state index contributed by atoms with van der Waals surface area (Å²) in [6.07, 6.45) is 0.172. The van der Waals surface area contributed by atoms with Crippen LogP contribution < -0.4 is 10.1 Å². The predicted molar refractivity (Wildman–Crippen MR) is 67.4 cm³/mol. The molecular formula is C12H18BrNO. The molecule has 15 heavy (non-hydrogen) atoms. The summed E-state index contributed by atoms with van der Waals surface area (Å²) >= 11 is 3.46. The Morgan fingerprint density at radius 2 is 1.93 bits per heavy atom. The van der Waals surface area contributed by atoms with E-state index in [1.807, 2.05) is 24.3 Å². The molecule has 0 saturated carbocycles. The van der Waals surface area contributed by atoms with Crippen molar-refractivity contribution in [2.75, 3.05) is 6.54 Å². The number of benzene rings is 1. The van der Waals surface area contributed by atoms with E-state index in [1.165, 1.54) is 0 Å². The highest BCUT2D eigenvalue weighted by atomic mass is 79.9. The number of hydrogen-bond donors (Lipinski definition) is 1. The van der Waals surface area contributed by atoms with Crippen LogP contribution in [-0.2, 0) is 0 Å². The summed E-state index contributed by atoms with van der Waals surface area (Å²) in [4.78, 5) is 0. The van der Waals surface area contributed by atoms with Crippen LogP contribution in [0.3, 0.4) is 0 Å². The van der Waals surface area contributed by atoms with Crippen LogP contribution in [0.15, 0.2) is 28.7 Å². The SMILES string of the molecule is CC(C)NCC(C)Oc1ccccc1Br. The van der Waals surface area contributed by atoms with E-state index in [0.29, 0.717) is 6.04 Å². The molecule has 0 aliphatic carbocycles. The highest BCUT2D eigenvalue weighted by Crippen LogP contribution is 2.24. The van der Waals surface area contributed by atoms with Crippen LogP contribution in [-0.4, -0.2) is 18.7 Å². The van der Waals surface area contributed by atoms with Gasteiger partial charge in [0.25, 0.3) is 0 Å². The van der Waals surface area contributed by atoms with Gasteiger partial charge in [-0.3, -0.25) is 0 Å². The number of ether oxygens (including phenoxy) is 1. The van der Waals surface area contributed by atoms with Crippen LogP contribution in [0.2, 0.25) is 0 Å². The van der Waals surface area contributed by atoms with E-state index in [9.17, 15) is 0 Å². The molecule has 0 aromatic heterocycles. The van der Waals surface area contributed by atoms with Gasteiger partial charge in [-0.15, -0.1) is 0 Å². The molecule has 0 aliphatic rings. The van der Waals surface area contributed by atoms with Gasteiger partial charge in [-0.25, -0.2) is 0 Å². The molecule has 0 spiro atoms. The lowest BCUT2D eigenvalue weighted by Gasteiger charge is -2.17. The lowest BCUT2D eigenvalue weighted by atomic mass is 10.3. The fourth-order valence-corrected chi connectivity index (χ4v) is 1.58. The van der Waals surface area contributed by atoms with Crippen LogP contribution >= 0.6 is 15.9 Å². The number of hydrogen-bond acceptors (Lipinski definition) is 2. The summed E-state index contributed by atoms with van der Waals surface area (Å²) in [5.41, 5.74) is 0. The number of halogens is 1. The third-order valence-corrected chi connectivity index (χ3v) is 2.63. The van der Waals surface area contributed by atoms with E-state index >= 15 is 0 Å². The zero-order valence-electron chi connectivity index (χ0n) is 9.46. The predicted octanol–water partition coefficient (Wildman–Crippen LogP) is 3.21. The normalized spacial score (nSPS) is 12.9. The van der Waals surface area contributed by atoms with Gasteiger partial charge in [0.1, 0.15) is 11.9 Å². The third kappa shape index (κ3) is 4.67. The second kappa shape index (κ2) is 6.13. The first-order chi connectivity index (χ1) is 7.09. The van der Waals surface area contributed by atoms with E-state index in [1.54, 1.807) is 0 Å². The lowest BCUT2D eigenvalue weighted by molar-refractivity contribution is 0.212. The molecule has 1 aromatic rings. The van der Waals surface area contributed by atoms with Crippen molar-refractivity contribution in [2.45, 2.75) is 32.9 Å². The zero-order valence-corrected chi connectivity index (χ0v) is 11.0. The Morgan fingerprint density at radius 1 is 1.27 bits per heavy atom. The summed E-state index contributed by atoms with van der Waals surface area (Å²) < 4.78 is 6.79. The summed E-state index contributed by atoms with van der Waals surface area (Å²) in [6.45, 7) is 7.18. The van der Waals surface area contributed by atoms with Gasteiger partial charge in [-0.05, 0) is 35.0 Å². The average molecular weight is 272 g/mol. The Bertz CT molecular complexity index is 301. The molecule has 0 heterocycles. The molecule has 0 saturated heterocycles. The maximum absolute atomic E-state index is 5.79. The Hall–Kier alpha value is -0.540. The minimum absolute atomic E-state index is 0.172. The standard InChI is InChI=1S/C12H18BrNO/c1-9(2)14-8-10(3)15-12-7-5-4-6-11(12)13/h4-7,9-10,14H,8H2,1-3H3. The molecule has 1 N–H and O–H groups in total. The van der Waals surface area contributed by atoms with Crippen molar-refractivity contribution in [3.8, 4) is 5.75 Å². The van der Waals surface area contributed by atoms with Crippen LogP contribution in [0, 0.1) is 0 Å². The van der Waals surface area contributed by atoms with E-state index in [0.717, 1.165) is 16.8 Å². The zero-order chi connectivity index (χ0) is 11.3. The van der Waals surface area contributed by atoms with Gasteiger partial charge in [0.2, 0.25) is 0 Å². The smallest absolute Gasteiger partial charge is 0.133 e. The highest BCUT2D eigenvalue weighted by Gasteiger charge is 2.06. The molecule has 0 fully saturated rings. The number of rotatable bonds is 5. The Labute approximate surface area is 100 Å². The summed E-state index contributed by atoms with van der Waals surface area (Å²) in [5, 5.41) is 3.34. The van der Waals surface area contributed by atoms with Crippen molar-refractivity contribution in [1.82, 2.24) is 5.32 Å². The maximum Gasteiger partial charge on any atom is 0.133 e. The molecule has 0 radical (unpaired) electrons. The minimum atomic E-state index is 0.172. The molecule has 3 heteroatoms. The summed E-state index contributed by atoms with van der Waals surface area (Å²) in [7, 11) is 0. The molecule has 1 rings (SSSR count). The van der Waals surface area contributed by atoms with Gasteiger partial charge in [0.05, 0.1) is 4.47 Å². The van der Waals surface area contributed by atoms with Gasteiger partial charge < -0.3 is 10.1 Å². The fraction of sp³-hybridized carbons (Fsp3) is 0.500. The first-order valence-electron chi connectivity index (χ1n) is 5.24. The third-order valence-electron chi connectivity index (χ3n) is 1.98. The van der Waals surface area contributed by atoms with Crippen LogP contribution in [0.25, 0.3) is 0 Å². The lowest BCUT2D eigenvalue weighted by Crippen LogP contribution is -2.33. The van der Waals surface area contributed by atoms with Crippen LogP contribution in [0.1, 0.15) is 20.8 Å². The maximum atomic E-state index is 5.79. The van der Waals surface area contributed by atoms with E-state index in [4.69, 9.17) is 4.74 Å². The van der Waals surface area contributed by atoms with Gasteiger partial charge in [0, 0.05) is 12.6 Å². The molecule has 1 aromatic carbocycles. The second-order valence-corrected chi connectivity index (χ2v) is 4.78. The molecule has 1 atom stereocenters. The number of nitrogens with one attached hydrogen (secondary N) is 1. The Morgan fingerprint density at radius 3 is 2.53 bits per heavy atom. The Balaban J connectivity index is 2.44. The molecule has 1 unspecified atom stereocenters. The molecule has 0 aliphatic heterocycles. The first kappa shape index (κ1) is 12.5. The van der Waals surface area contributed by atoms with Crippen molar-refractivity contribution >= 4 is 15.9 Å². The average Bonchev–Trinajstić information content (AvgIpc) is 2.18. The topological polar surface area (TPSA) is 21.3 Å². The van der Waals surface area contributed by atoms with Crippen LogP contribution in [0.4, 0.5) is 0 Å². The summed E-state index contributed by atoms with van der Waals surface area (Å²) in [6, 6.07) is 8.40. The Kier molecular flexibility index (Phi) is 5.12. The fourth-order valence-electron chi connectivity index (χ4n) is 1.20. The molecular weight excluding hydrogens is 254 g/mol. The van der Waals surface area contributed by atoms with Crippen molar-refractivity contribution < 1.29 is 4.74 Å². The van der Waals surface area contributed by atoms with Gasteiger partial charge in [-0.2, -0.15) is 0 Å². The molecule has 84 valence electrons. The van der Waals surface area contributed by atoms with Crippen molar-refractivity contribution in [1.29, 1.82) is 0 Å². The first-order valence-corrected chi connectivity index (χ1v) is 6.03. The van der Waals surface area contributed by atoms with Crippen molar-refractivity contribution in [2.24, 2.45) is 0 Å². The monoisotopic (exact) mass is 271 g/mol. The van der Waals surface area contributed by atoms with E-state index < -0.39 is 0 Å². The van der Waals surface area contributed by atoms with Gasteiger partial charge in [0.15, 0.2) is 0 Å². The van der Waals surface area contributed by atoms with Gasteiger partial charge in [-0.1, -0.05) is 26.0 Å². The molecule has 2 nitrogen and oxygen atoms in total. The van der Waals surface area contributed by atoms with E-state index in [2.05, 4.69) is 42.0 Å². The molecule has 0 amide bonds. The minimum Gasteiger partial charge on any atom is -0.488 e. The molecule has 0 bridgehead atoms. The van der Waals surface area contributed by atoms with Gasteiger partial charge >= 0.3 is 0 Å².